The SMILES string of the molecule is Cc1ccc(S(=O)(=O)N2CCN(Cc3ccc(C(=O)Nc4ccccc4C(=O)N4CCCCCC4)cc3)CC2)cc1. The van der Waals surface area contributed by atoms with E-state index in [9.17, 15) is 18.0 Å². The molecule has 2 amide bonds. The van der Waals surface area contributed by atoms with Gasteiger partial charge in [0, 0.05) is 51.4 Å². The van der Waals surface area contributed by atoms with Crippen LogP contribution in [0.2, 0.25) is 0 Å². The van der Waals surface area contributed by atoms with Crippen molar-refractivity contribution in [3.63, 3.8) is 0 Å². The average Bonchev–Trinajstić information content (AvgIpc) is 3.28. The van der Waals surface area contributed by atoms with Crippen molar-refractivity contribution in [2.24, 2.45) is 0 Å². The van der Waals surface area contributed by atoms with Crippen molar-refractivity contribution in [2.75, 3.05) is 44.6 Å². The maximum absolute atomic E-state index is 13.2. The van der Waals surface area contributed by atoms with Gasteiger partial charge in [-0.2, -0.15) is 4.31 Å². The van der Waals surface area contributed by atoms with Crippen LogP contribution in [0.5, 0.6) is 0 Å². The highest BCUT2D eigenvalue weighted by Gasteiger charge is 2.28. The number of nitrogens with zero attached hydrogens (tertiary/aromatic N) is 3. The highest BCUT2D eigenvalue weighted by molar-refractivity contribution is 7.89. The van der Waals surface area contributed by atoms with Crippen LogP contribution in [0.3, 0.4) is 0 Å². The maximum atomic E-state index is 13.2. The fourth-order valence-electron chi connectivity index (χ4n) is 5.42. The van der Waals surface area contributed by atoms with Gasteiger partial charge in [0.2, 0.25) is 10.0 Å². The lowest BCUT2D eigenvalue weighted by molar-refractivity contribution is 0.0762. The molecular formula is C32H38N4O4S. The highest BCUT2D eigenvalue weighted by Crippen LogP contribution is 2.22. The molecule has 0 spiro atoms. The zero-order valence-electron chi connectivity index (χ0n) is 23.6. The molecule has 0 unspecified atom stereocenters. The monoisotopic (exact) mass is 574 g/mol. The number of anilines is 1. The first-order valence-electron chi connectivity index (χ1n) is 14.4. The molecule has 0 bridgehead atoms. The van der Waals surface area contributed by atoms with E-state index >= 15 is 0 Å². The van der Waals surface area contributed by atoms with Crippen LogP contribution in [0.15, 0.2) is 77.7 Å². The zero-order valence-corrected chi connectivity index (χ0v) is 24.4. The van der Waals surface area contributed by atoms with E-state index in [0.29, 0.717) is 54.4 Å². The first-order chi connectivity index (χ1) is 19.8. The predicted molar refractivity (Wildman–Crippen MR) is 160 cm³/mol. The van der Waals surface area contributed by atoms with Crippen molar-refractivity contribution in [3.05, 3.63) is 95.1 Å². The zero-order chi connectivity index (χ0) is 28.8. The van der Waals surface area contributed by atoms with E-state index in [2.05, 4.69) is 10.2 Å². The lowest BCUT2D eigenvalue weighted by Crippen LogP contribution is -2.48. The summed E-state index contributed by atoms with van der Waals surface area (Å²) >= 11 is 0. The van der Waals surface area contributed by atoms with Crippen LogP contribution in [0.25, 0.3) is 0 Å². The van der Waals surface area contributed by atoms with E-state index in [1.165, 1.54) is 0 Å². The van der Waals surface area contributed by atoms with Gasteiger partial charge in [-0.3, -0.25) is 14.5 Å². The topological polar surface area (TPSA) is 90.0 Å². The quantitative estimate of drug-likeness (QED) is 0.439. The standard InChI is InChI=1S/C32H38N4O4S/c1-25-10-16-28(17-11-25)41(39,40)36-22-20-34(21-23-36)24-26-12-14-27(15-13-26)31(37)33-30-9-5-4-8-29(30)32(38)35-18-6-2-3-7-19-35/h4-5,8-17H,2-3,6-7,18-24H2,1H3,(H,33,37). The maximum Gasteiger partial charge on any atom is 0.255 e. The molecule has 3 aromatic carbocycles. The summed E-state index contributed by atoms with van der Waals surface area (Å²) in [5.74, 6) is -0.299. The first kappa shape index (κ1) is 29.0. The number of sulfonamides is 1. The number of piperazine rings is 1. The van der Waals surface area contributed by atoms with Gasteiger partial charge in [-0.05, 0) is 61.7 Å². The molecule has 0 saturated carbocycles. The van der Waals surface area contributed by atoms with Gasteiger partial charge in [-0.15, -0.1) is 0 Å². The Morgan fingerprint density at radius 3 is 2.05 bits per heavy atom. The van der Waals surface area contributed by atoms with E-state index in [1.54, 1.807) is 40.7 Å². The molecule has 2 aliphatic heterocycles. The number of benzene rings is 3. The van der Waals surface area contributed by atoms with Gasteiger partial charge in [0.1, 0.15) is 0 Å². The molecule has 2 fully saturated rings. The molecule has 216 valence electrons. The number of hydrogen-bond acceptors (Lipinski definition) is 5. The number of aryl methyl sites for hydroxylation is 1. The van der Waals surface area contributed by atoms with Crippen molar-refractivity contribution >= 4 is 27.5 Å². The van der Waals surface area contributed by atoms with E-state index in [-0.39, 0.29) is 11.8 Å². The van der Waals surface area contributed by atoms with E-state index < -0.39 is 10.0 Å². The molecule has 2 saturated heterocycles. The minimum Gasteiger partial charge on any atom is -0.339 e. The molecule has 0 aromatic heterocycles. The van der Waals surface area contributed by atoms with Gasteiger partial charge in [0.15, 0.2) is 0 Å². The summed E-state index contributed by atoms with van der Waals surface area (Å²) in [5, 5.41) is 2.94. The Morgan fingerprint density at radius 2 is 1.39 bits per heavy atom. The fourth-order valence-corrected chi connectivity index (χ4v) is 6.85. The van der Waals surface area contributed by atoms with Crippen LogP contribution >= 0.6 is 0 Å². The Hall–Kier alpha value is -3.53. The fraction of sp³-hybridized carbons (Fsp3) is 0.375. The van der Waals surface area contributed by atoms with Crippen LogP contribution < -0.4 is 5.32 Å². The van der Waals surface area contributed by atoms with Crippen molar-refractivity contribution in [1.82, 2.24) is 14.1 Å². The van der Waals surface area contributed by atoms with Crippen molar-refractivity contribution in [1.29, 1.82) is 0 Å². The number of rotatable bonds is 7. The first-order valence-corrected chi connectivity index (χ1v) is 15.8. The van der Waals surface area contributed by atoms with E-state index in [0.717, 1.165) is 49.9 Å². The number of carbonyl (C=O) groups excluding carboxylic acids is 2. The van der Waals surface area contributed by atoms with Crippen LogP contribution in [0, 0.1) is 6.92 Å². The van der Waals surface area contributed by atoms with E-state index in [1.807, 2.05) is 48.2 Å². The summed E-state index contributed by atoms with van der Waals surface area (Å²) in [4.78, 5) is 30.7. The molecule has 8 nitrogen and oxygen atoms in total. The highest BCUT2D eigenvalue weighted by atomic mass is 32.2. The summed E-state index contributed by atoms with van der Waals surface area (Å²) in [5.41, 5.74) is 3.63. The number of hydrogen-bond donors (Lipinski definition) is 1. The Balaban J connectivity index is 1.16. The van der Waals surface area contributed by atoms with Gasteiger partial charge >= 0.3 is 0 Å². The summed E-state index contributed by atoms with van der Waals surface area (Å²) < 4.78 is 27.5. The largest absolute Gasteiger partial charge is 0.339 e. The third-order valence-corrected chi connectivity index (χ3v) is 9.82. The minimum atomic E-state index is -3.49. The normalized spacial score (nSPS) is 17.1. The summed E-state index contributed by atoms with van der Waals surface area (Å²) in [6.07, 6.45) is 4.30. The van der Waals surface area contributed by atoms with Gasteiger partial charge in [0.25, 0.3) is 11.8 Å². The number of carbonyl (C=O) groups is 2. The number of likely N-dealkylation sites (tertiary alicyclic amines) is 1. The van der Waals surface area contributed by atoms with Crippen LogP contribution in [-0.4, -0.2) is 73.6 Å². The number of para-hydroxylation sites is 1. The molecule has 41 heavy (non-hydrogen) atoms. The van der Waals surface area contributed by atoms with E-state index in [4.69, 9.17) is 0 Å². The lowest BCUT2D eigenvalue weighted by atomic mass is 10.1. The Labute approximate surface area is 243 Å². The molecule has 0 aliphatic carbocycles. The number of nitrogens with one attached hydrogen (secondary N) is 1. The lowest BCUT2D eigenvalue weighted by Gasteiger charge is -2.34. The second-order valence-corrected chi connectivity index (χ2v) is 12.8. The molecular weight excluding hydrogens is 536 g/mol. The summed E-state index contributed by atoms with van der Waals surface area (Å²) in [7, 11) is -3.49. The van der Waals surface area contributed by atoms with Crippen LogP contribution in [0.4, 0.5) is 5.69 Å². The van der Waals surface area contributed by atoms with Crippen LogP contribution in [-0.2, 0) is 16.6 Å². The van der Waals surface area contributed by atoms with Crippen molar-refractivity contribution in [2.45, 2.75) is 44.0 Å². The van der Waals surface area contributed by atoms with Gasteiger partial charge in [-0.25, -0.2) is 8.42 Å². The molecule has 9 heteroatoms. The molecule has 3 aromatic rings. The second-order valence-electron chi connectivity index (χ2n) is 10.9. The third kappa shape index (κ3) is 7.04. The van der Waals surface area contributed by atoms with Gasteiger partial charge < -0.3 is 10.2 Å². The molecule has 1 N–H and O–H groups in total. The molecule has 0 atom stereocenters. The molecule has 2 aliphatic rings. The van der Waals surface area contributed by atoms with Crippen molar-refractivity contribution < 1.29 is 18.0 Å². The Bertz CT molecular complexity index is 1460. The molecule has 5 rings (SSSR count). The second kappa shape index (κ2) is 13.0. The minimum absolute atomic E-state index is 0.0371. The van der Waals surface area contributed by atoms with Crippen LogP contribution in [0.1, 0.15) is 57.5 Å². The average molecular weight is 575 g/mol. The van der Waals surface area contributed by atoms with Crippen molar-refractivity contribution in [3.8, 4) is 0 Å². The summed E-state index contributed by atoms with van der Waals surface area (Å²) in [6, 6.07) is 21.6. The molecule has 2 heterocycles. The van der Waals surface area contributed by atoms with Gasteiger partial charge in [0.05, 0.1) is 16.1 Å². The third-order valence-electron chi connectivity index (χ3n) is 7.91. The number of amides is 2. The Kier molecular flexibility index (Phi) is 9.17. The Morgan fingerprint density at radius 1 is 0.756 bits per heavy atom. The summed E-state index contributed by atoms with van der Waals surface area (Å²) in [6.45, 7) is 6.25. The molecule has 0 radical (unpaired) electrons. The smallest absolute Gasteiger partial charge is 0.255 e. The van der Waals surface area contributed by atoms with Gasteiger partial charge in [-0.1, -0.05) is 54.8 Å². The predicted octanol–water partition coefficient (Wildman–Crippen LogP) is 4.77.